The zero-order valence-electron chi connectivity index (χ0n) is 10.5. The third-order valence-corrected chi connectivity index (χ3v) is 4.59. The van der Waals surface area contributed by atoms with Crippen molar-refractivity contribution in [3.05, 3.63) is 41.7 Å². The van der Waals surface area contributed by atoms with E-state index in [0.29, 0.717) is 5.13 Å². The Kier molecular flexibility index (Phi) is 6.40. The second kappa shape index (κ2) is 7.58. The first-order valence-electron chi connectivity index (χ1n) is 5.58. The second-order valence-electron chi connectivity index (χ2n) is 3.87. The zero-order valence-corrected chi connectivity index (χ0v) is 13.0. The van der Waals surface area contributed by atoms with Crippen LogP contribution in [0, 0.1) is 0 Å². The first-order valence-corrected chi connectivity index (χ1v) is 8.74. The highest BCUT2D eigenvalue weighted by molar-refractivity contribution is 7.92. The molecule has 0 spiro atoms. The number of anilines is 1. The molecule has 2 aromatic rings. The molecular formula is C11H15N3O3S3. The van der Waals surface area contributed by atoms with E-state index < -0.39 is 10.0 Å². The minimum Gasteiger partial charge on any atom is -0.870 e. The van der Waals surface area contributed by atoms with Gasteiger partial charge in [-0.1, -0.05) is 0 Å². The molecule has 0 bridgehead atoms. The molecule has 0 radical (unpaired) electrons. The maximum Gasteiger partial charge on any atom is 0.238 e. The third-order valence-electron chi connectivity index (χ3n) is 2.35. The lowest BCUT2D eigenvalue weighted by Gasteiger charge is -2.04. The Labute approximate surface area is 127 Å². The Morgan fingerprint density at radius 2 is 2.05 bits per heavy atom. The number of aromatic nitrogens is 2. The van der Waals surface area contributed by atoms with Gasteiger partial charge in [0.05, 0.1) is 5.75 Å². The molecule has 0 fully saturated rings. The molecular weight excluding hydrogens is 318 g/mol. The van der Waals surface area contributed by atoms with Crippen molar-refractivity contribution >= 4 is 39.1 Å². The highest BCUT2D eigenvalue weighted by atomic mass is 32.2. The summed E-state index contributed by atoms with van der Waals surface area (Å²) in [7, 11) is -3.41. The van der Waals surface area contributed by atoms with Crippen LogP contribution in [0.2, 0.25) is 0 Å². The number of aryl methyl sites for hydroxylation is 1. The molecule has 2 rings (SSSR count). The molecule has 0 amide bonds. The molecule has 0 aromatic carbocycles. The summed E-state index contributed by atoms with van der Waals surface area (Å²) in [4.78, 5) is 3.90. The van der Waals surface area contributed by atoms with Crippen LogP contribution >= 0.6 is 24.0 Å². The Balaban J connectivity index is 0.00000200. The van der Waals surface area contributed by atoms with Gasteiger partial charge in [-0.05, 0) is 5.56 Å². The highest BCUT2D eigenvalue weighted by Gasteiger charge is 2.13. The number of nitrogens with one attached hydrogen (secondary N) is 1. The van der Waals surface area contributed by atoms with Gasteiger partial charge in [0.2, 0.25) is 10.0 Å². The van der Waals surface area contributed by atoms with Gasteiger partial charge in [0.1, 0.15) is 0 Å². The summed E-state index contributed by atoms with van der Waals surface area (Å²) >= 11 is 5.40. The molecule has 6 nitrogen and oxygen atoms in total. The lowest BCUT2D eigenvalue weighted by atomic mass is 10.3. The summed E-state index contributed by atoms with van der Waals surface area (Å²) in [6.07, 6.45) is 5.26. The maximum absolute atomic E-state index is 11.9. The van der Waals surface area contributed by atoms with E-state index in [9.17, 15) is 8.42 Å². The molecule has 2 aromatic heterocycles. The second-order valence-corrected chi connectivity index (χ2v) is 6.93. The molecule has 0 saturated carbocycles. The molecule has 2 heterocycles. The quantitative estimate of drug-likeness (QED) is 0.612. The molecule has 0 unspecified atom stereocenters. The highest BCUT2D eigenvalue weighted by Crippen LogP contribution is 2.14. The van der Waals surface area contributed by atoms with E-state index in [0.717, 1.165) is 17.9 Å². The molecule has 0 aliphatic carbocycles. The average molecular weight is 333 g/mol. The van der Waals surface area contributed by atoms with E-state index in [-0.39, 0.29) is 11.2 Å². The summed E-state index contributed by atoms with van der Waals surface area (Å²) in [6.45, 7) is 0.799. The Bertz CT molecular complexity index is 612. The lowest BCUT2D eigenvalue weighted by Crippen LogP contribution is -2.33. The SMILES string of the molecule is O=S(=O)(Cc1cc[n+](CCS)cc1)Nc1nccs1.[OH-]. The van der Waals surface area contributed by atoms with Crippen molar-refractivity contribution in [2.75, 3.05) is 10.5 Å². The Morgan fingerprint density at radius 1 is 1.35 bits per heavy atom. The van der Waals surface area contributed by atoms with Crippen LogP contribution in [0.25, 0.3) is 0 Å². The lowest BCUT2D eigenvalue weighted by molar-refractivity contribution is -0.692. The molecule has 110 valence electrons. The summed E-state index contributed by atoms with van der Waals surface area (Å²) in [5, 5.41) is 2.11. The van der Waals surface area contributed by atoms with Crippen LogP contribution in [0.4, 0.5) is 5.13 Å². The maximum atomic E-state index is 11.9. The van der Waals surface area contributed by atoms with E-state index in [2.05, 4.69) is 22.3 Å². The van der Waals surface area contributed by atoms with Crippen LogP contribution in [0.15, 0.2) is 36.1 Å². The number of sulfonamides is 1. The first-order chi connectivity index (χ1) is 9.09. The third kappa shape index (κ3) is 5.08. The van der Waals surface area contributed by atoms with Crippen molar-refractivity contribution in [1.82, 2.24) is 4.98 Å². The van der Waals surface area contributed by atoms with Crippen LogP contribution in [0.1, 0.15) is 5.56 Å². The van der Waals surface area contributed by atoms with Gasteiger partial charge >= 0.3 is 0 Å². The molecule has 0 aliphatic rings. The zero-order chi connectivity index (χ0) is 13.7. The number of pyridine rings is 1. The van der Waals surface area contributed by atoms with Gasteiger partial charge in [-0.2, -0.15) is 12.6 Å². The molecule has 0 atom stereocenters. The van der Waals surface area contributed by atoms with E-state index in [1.165, 1.54) is 11.3 Å². The van der Waals surface area contributed by atoms with Crippen LogP contribution in [0.3, 0.4) is 0 Å². The normalized spacial score (nSPS) is 10.8. The molecule has 9 heteroatoms. The number of hydrogen-bond donors (Lipinski definition) is 2. The van der Waals surface area contributed by atoms with E-state index in [1.807, 2.05) is 17.0 Å². The Morgan fingerprint density at radius 3 is 2.60 bits per heavy atom. The summed E-state index contributed by atoms with van der Waals surface area (Å²) in [5.74, 6) is 0.683. The van der Waals surface area contributed by atoms with Gasteiger partial charge in [-0.3, -0.25) is 4.72 Å². The largest absolute Gasteiger partial charge is 0.870 e. The van der Waals surface area contributed by atoms with Gasteiger partial charge in [0.25, 0.3) is 0 Å². The van der Waals surface area contributed by atoms with Crippen molar-refractivity contribution < 1.29 is 18.5 Å². The minimum absolute atomic E-state index is 0. The van der Waals surface area contributed by atoms with Crippen molar-refractivity contribution in [2.24, 2.45) is 0 Å². The summed E-state index contributed by atoms with van der Waals surface area (Å²) in [5.41, 5.74) is 0.736. The summed E-state index contributed by atoms with van der Waals surface area (Å²) < 4.78 is 28.2. The van der Waals surface area contributed by atoms with Crippen molar-refractivity contribution in [1.29, 1.82) is 0 Å². The van der Waals surface area contributed by atoms with Crippen LogP contribution in [0.5, 0.6) is 0 Å². The number of thiazole rings is 1. The fraction of sp³-hybridized carbons (Fsp3) is 0.273. The fourth-order valence-corrected chi connectivity index (χ4v) is 3.71. The first kappa shape index (κ1) is 16.9. The molecule has 0 saturated heterocycles. The van der Waals surface area contributed by atoms with Gasteiger partial charge < -0.3 is 5.48 Å². The van der Waals surface area contributed by atoms with Gasteiger partial charge in [-0.25, -0.2) is 18.0 Å². The molecule has 2 N–H and O–H groups in total. The topological polar surface area (TPSA) is 92.9 Å². The smallest absolute Gasteiger partial charge is 0.238 e. The fourth-order valence-electron chi connectivity index (χ4n) is 1.51. The monoisotopic (exact) mass is 333 g/mol. The number of hydrogen-bond acceptors (Lipinski definition) is 6. The van der Waals surface area contributed by atoms with Gasteiger partial charge in [0.15, 0.2) is 24.1 Å². The van der Waals surface area contributed by atoms with E-state index >= 15 is 0 Å². The van der Waals surface area contributed by atoms with E-state index in [1.54, 1.807) is 23.7 Å². The van der Waals surface area contributed by atoms with Crippen LogP contribution < -0.4 is 9.29 Å². The van der Waals surface area contributed by atoms with Crippen LogP contribution in [-0.4, -0.2) is 24.6 Å². The standard InChI is InChI=1S/C11H13N3O2S3.H2O/c15-19(16,13-11-12-3-8-18-11)9-10-1-4-14(5-2-10)6-7-17;/h1-5,8H,6-7,9H2,(H-,12,13,17);1H2. The van der Waals surface area contributed by atoms with E-state index in [4.69, 9.17) is 0 Å². The number of nitrogens with zero attached hydrogens (tertiary/aromatic N) is 2. The van der Waals surface area contributed by atoms with Gasteiger partial charge in [-0.15, -0.1) is 11.3 Å². The number of thiol groups is 1. The summed E-state index contributed by atoms with van der Waals surface area (Å²) in [6, 6.07) is 3.59. The number of rotatable bonds is 6. The predicted octanol–water partition coefficient (Wildman–Crippen LogP) is 1.13. The molecule has 0 aliphatic heterocycles. The van der Waals surface area contributed by atoms with Crippen molar-refractivity contribution in [3.63, 3.8) is 0 Å². The van der Waals surface area contributed by atoms with Crippen LogP contribution in [-0.2, 0) is 22.3 Å². The average Bonchev–Trinajstić information content (AvgIpc) is 2.83. The Hall–Kier alpha value is -1.16. The minimum atomic E-state index is -3.41. The van der Waals surface area contributed by atoms with Crippen molar-refractivity contribution in [2.45, 2.75) is 12.3 Å². The van der Waals surface area contributed by atoms with Crippen molar-refractivity contribution in [3.8, 4) is 0 Å². The molecule has 20 heavy (non-hydrogen) atoms. The predicted molar refractivity (Wildman–Crippen MR) is 80.8 cm³/mol. The van der Waals surface area contributed by atoms with Gasteiger partial charge in [0, 0.05) is 29.5 Å².